The molecule has 0 rings (SSSR count). The Balaban J connectivity index is 5.48. The van der Waals surface area contributed by atoms with E-state index in [4.69, 9.17) is 28.0 Å². The fourth-order valence-electron chi connectivity index (χ4n) is 2.35. The second kappa shape index (κ2) is 13.7. The third-order valence-electron chi connectivity index (χ3n) is 3.87. The first-order chi connectivity index (χ1) is 14.4. The molecule has 4 unspecified atom stereocenters. The molecule has 0 aromatic carbocycles. The second-order valence-electron chi connectivity index (χ2n) is 6.57. The Kier molecular flexibility index (Phi) is 12.2. The van der Waals surface area contributed by atoms with Crippen molar-refractivity contribution in [2.45, 2.75) is 50.4 Å². The number of carboxylic acid groups (broad SMARTS) is 1. The van der Waals surface area contributed by atoms with Gasteiger partial charge in [0.05, 0.1) is 19.1 Å². The van der Waals surface area contributed by atoms with Gasteiger partial charge in [0.25, 0.3) is 0 Å². The zero-order valence-electron chi connectivity index (χ0n) is 17.0. The van der Waals surface area contributed by atoms with E-state index >= 15 is 0 Å². The molecule has 15 heteroatoms. The van der Waals surface area contributed by atoms with Crippen molar-refractivity contribution in [3.8, 4) is 0 Å². The van der Waals surface area contributed by atoms with Gasteiger partial charge in [-0.1, -0.05) is 0 Å². The lowest BCUT2D eigenvalue weighted by Gasteiger charge is -2.24. The molecular formula is C16H30N8O7. The first-order valence-electron chi connectivity index (χ1n) is 9.23. The zero-order valence-corrected chi connectivity index (χ0v) is 17.0. The van der Waals surface area contributed by atoms with Crippen LogP contribution in [-0.4, -0.2) is 83.1 Å². The average Bonchev–Trinajstić information content (AvgIpc) is 2.66. The summed E-state index contributed by atoms with van der Waals surface area (Å²) in [5.41, 5.74) is 20.7. The van der Waals surface area contributed by atoms with Crippen LogP contribution < -0.4 is 38.9 Å². The van der Waals surface area contributed by atoms with Crippen molar-refractivity contribution < 1.29 is 34.2 Å². The lowest BCUT2D eigenvalue weighted by Crippen LogP contribution is -2.58. The SMILES string of the molecule is CC(O)C(NC(=O)C(CCCN=C(N)N)NC(=O)C(CC(N)=O)NC(=O)CN)C(=O)O. The van der Waals surface area contributed by atoms with Gasteiger partial charge in [-0.15, -0.1) is 0 Å². The molecule has 0 aromatic rings. The summed E-state index contributed by atoms with van der Waals surface area (Å²) < 4.78 is 0. The van der Waals surface area contributed by atoms with E-state index in [0.717, 1.165) is 6.92 Å². The fraction of sp³-hybridized carbons (Fsp3) is 0.625. The number of guanidine groups is 1. The van der Waals surface area contributed by atoms with Crippen LogP contribution in [0.1, 0.15) is 26.2 Å². The van der Waals surface area contributed by atoms with Gasteiger partial charge in [-0.3, -0.25) is 24.2 Å². The number of nitrogens with one attached hydrogen (secondary N) is 3. The molecule has 176 valence electrons. The standard InChI is InChI=1S/C16H30N8O7/c1-7(25)12(15(30)31)24-13(28)8(3-2-4-21-16(19)20)23-14(29)9(5-10(18)26)22-11(27)6-17/h7-9,12,25H,2-6,17H2,1H3,(H2,18,26)(H,22,27)(H,23,29)(H,24,28)(H,30,31)(H4,19,20,21). The van der Waals surface area contributed by atoms with E-state index in [-0.39, 0.29) is 25.3 Å². The van der Waals surface area contributed by atoms with Crippen LogP contribution in [0.15, 0.2) is 4.99 Å². The molecule has 0 heterocycles. The zero-order chi connectivity index (χ0) is 24.1. The van der Waals surface area contributed by atoms with E-state index in [2.05, 4.69) is 20.9 Å². The lowest BCUT2D eigenvalue weighted by atomic mass is 10.1. The van der Waals surface area contributed by atoms with E-state index in [9.17, 15) is 29.1 Å². The van der Waals surface area contributed by atoms with E-state index in [1.165, 1.54) is 0 Å². The first kappa shape index (κ1) is 27.5. The lowest BCUT2D eigenvalue weighted by molar-refractivity contribution is -0.145. The highest BCUT2D eigenvalue weighted by atomic mass is 16.4. The maximum absolute atomic E-state index is 12.6. The summed E-state index contributed by atoms with van der Waals surface area (Å²) in [7, 11) is 0. The van der Waals surface area contributed by atoms with Crippen molar-refractivity contribution in [1.29, 1.82) is 0 Å². The Morgan fingerprint density at radius 1 is 0.968 bits per heavy atom. The van der Waals surface area contributed by atoms with E-state index in [1.54, 1.807) is 0 Å². The van der Waals surface area contributed by atoms with Crippen LogP contribution in [0.4, 0.5) is 0 Å². The maximum atomic E-state index is 12.6. The Morgan fingerprint density at radius 2 is 1.55 bits per heavy atom. The quantitative estimate of drug-likeness (QED) is 0.0694. The van der Waals surface area contributed by atoms with Gasteiger partial charge in [0.2, 0.25) is 23.6 Å². The summed E-state index contributed by atoms with van der Waals surface area (Å²) in [4.78, 5) is 62.8. The minimum atomic E-state index is -1.64. The predicted molar refractivity (Wildman–Crippen MR) is 108 cm³/mol. The van der Waals surface area contributed by atoms with Crippen LogP contribution in [0, 0.1) is 0 Å². The maximum Gasteiger partial charge on any atom is 0.328 e. The largest absolute Gasteiger partial charge is 0.480 e. The Hall–Kier alpha value is -3.46. The third-order valence-corrected chi connectivity index (χ3v) is 3.87. The molecular weight excluding hydrogens is 416 g/mol. The van der Waals surface area contributed by atoms with E-state index in [1.807, 2.05) is 0 Å². The molecule has 0 saturated heterocycles. The second-order valence-corrected chi connectivity index (χ2v) is 6.57. The molecule has 0 radical (unpaired) electrons. The fourth-order valence-corrected chi connectivity index (χ4v) is 2.35. The van der Waals surface area contributed by atoms with Gasteiger partial charge >= 0.3 is 5.97 Å². The van der Waals surface area contributed by atoms with Crippen LogP contribution in [-0.2, 0) is 24.0 Å². The van der Waals surface area contributed by atoms with Crippen LogP contribution in [0.5, 0.6) is 0 Å². The summed E-state index contributed by atoms with van der Waals surface area (Å²) in [6, 6.07) is -4.34. The molecule has 13 N–H and O–H groups in total. The van der Waals surface area contributed by atoms with Crippen LogP contribution in [0.3, 0.4) is 0 Å². The number of amides is 4. The number of carbonyl (C=O) groups is 5. The molecule has 0 aliphatic heterocycles. The summed E-state index contributed by atoms with van der Waals surface area (Å²) in [5.74, 6) is -5.16. The molecule has 0 fully saturated rings. The van der Waals surface area contributed by atoms with Gasteiger partial charge in [-0.05, 0) is 19.8 Å². The van der Waals surface area contributed by atoms with Gasteiger partial charge in [-0.2, -0.15) is 0 Å². The van der Waals surface area contributed by atoms with Crippen molar-refractivity contribution in [2.24, 2.45) is 27.9 Å². The Morgan fingerprint density at radius 3 is 2.00 bits per heavy atom. The van der Waals surface area contributed by atoms with Crippen molar-refractivity contribution in [1.82, 2.24) is 16.0 Å². The van der Waals surface area contributed by atoms with Gasteiger partial charge in [0.1, 0.15) is 12.1 Å². The van der Waals surface area contributed by atoms with Gasteiger partial charge < -0.3 is 49.1 Å². The summed E-state index contributed by atoms with van der Waals surface area (Å²) in [6.45, 7) is 0.811. The number of hydrogen-bond donors (Lipinski definition) is 9. The molecule has 0 spiro atoms. The Labute approximate surface area is 178 Å². The number of aliphatic hydroxyl groups excluding tert-OH is 1. The number of primary amides is 1. The van der Waals surface area contributed by atoms with Crippen molar-refractivity contribution >= 4 is 35.6 Å². The number of nitrogens with zero attached hydrogens (tertiary/aromatic N) is 1. The third kappa shape index (κ3) is 11.3. The topological polar surface area (TPSA) is 278 Å². The predicted octanol–water partition coefficient (Wildman–Crippen LogP) is -5.21. The summed E-state index contributed by atoms with van der Waals surface area (Å²) in [5, 5.41) is 25.3. The van der Waals surface area contributed by atoms with E-state index < -0.39 is 66.8 Å². The van der Waals surface area contributed by atoms with Gasteiger partial charge in [0.15, 0.2) is 12.0 Å². The highest BCUT2D eigenvalue weighted by Crippen LogP contribution is 2.03. The molecule has 31 heavy (non-hydrogen) atoms. The van der Waals surface area contributed by atoms with Crippen LogP contribution in [0.25, 0.3) is 0 Å². The normalized spacial score (nSPS) is 14.3. The van der Waals surface area contributed by atoms with Gasteiger partial charge in [0, 0.05) is 6.54 Å². The Bertz CT molecular complexity index is 693. The summed E-state index contributed by atoms with van der Waals surface area (Å²) >= 11 is 0. The molecule has 0 aliphatic carbocycles. The molecule has 0 aliphatic rings. The molecule has 0 saturated carbocycles. The average molecular weight is 446 g/mol. The summed E-state index contributed by atoms with van der Waals surface area (Å²) in [6.07, 6.45) is -1.82. The number of aliphatic carboxylic acids is 1. The van der Waals surface area contributed by atoms with Crippen LogP contribution in [0.2, 0.25) is 0 Å². The number of nitrogens with two attached hydrogens (primary N) is 4. The van der Waals surface area contributed by atoms with Crippen molar-refractivity contribution in [3.63, 3.8) is 0 Å². The molecule has 0 aromatic heterocycles. The number of carboxylic acids is 1. The molecule has 15 nitrogen and oxygen atoms in total. The number of rotatable bonds is 14. The smallest absolute Gasteiger partial charge is 0.328 e. The minimum absolute atomic E-state index is 0.0331. The molecule has 4 atom stereocenters. The highest BCUT2D eigenvalue weighted by molar-refractivity contribution is 5.95. The first-order valence-corrected chi connectivity index (χ1v) is 9.23. The monoisotopic (exact) mass is 446 g/mol. The van der Waals surface area contributed by atoms with E-state index in [0.29, 0.717) is 0 Å². The number of carbonyl (C=O) groups excluding carboxylic acids is 4. The minimum Gasteiger partial charge on any atom is -0.480 e. The van der Waals surface area contributed by atoms with Crippen molar-refractivity contribution in [3.05, 3.63) is 0 Å². The van der Waals surface area contributed by atoms with Gasteiger partial charge in [-0.25, -0.2) is 4.79 Å². The number of aliphatic hydroxyl groups is 1. The number of hydrogen-bond acceptors (Lipinski definition) is 8. The highest BCUT2D eigenvalue weighted by Gasteiger charge is 2.31. The molecule has 0 bridgehead atoms. The van der Waals surface area contributed by atoms with Crippen LogP contribution >= 0.6 is 0 Å². The van der Waals surface area contributed by atoms with Crippen molar-refractivity contribution in [2.75, 3.05) is 13.1 Å². The number of aliphatic imine (C=N–C) groups is 1. The molecule has 4 amide bonds.